The van der Waals surface area contributed by atoms with E-state index < -0.39 is 5.41 Å². The van der Waals surface area contributed by atoms with Crippen LogP contribution in [0, 0.1) is 18.3 Å². The average molecular weight is 419 g/mol. The lowest BCUT2D eigenvalue weighted by molar-refractivity contribution is 0.687. The highest BCUT2D eigenvalue weighted by Crippen LogP contribution is 2.29. The molecule has 0 aliphatic carbocycles. The lowest BCUT2D eigenvalue weighted by Crippen LogP contribution is -2.13. The molecule has 0 radical (unpaired) electrons. The molecule has 0 saturated heterocycles. The number of pyridine rings is 1. The van der Waals surface area contributed by atoms with Gasteiger partial charge in [0.05, 0.1) is 28.7 Å². The third-order valence-electron chi connectivity index (χ3n) is 5.82. The molecule has 2 N–H and O–H groups in total. The number of nitrogens with two attached hydrogens (primary N) is 1. The second kappa shape index (κ2) is 7.13. The Kier molecular flexibility index (Phi) is 4.38. The van der Waals surface area contributed by atoms with E-state index in [0.717, 1.165) is 44.7 Å². The third kappa shape index (κ3) is 3.13. The van der Waals surface area contributed by atoms with Gasteiger partial charge in [-0.05, 0) is 55.7 Å². The topological polar surface area (TPSA) is 106 Å². The summed E-state index contributed by atoms with van der Waals surface area (Å²) in [5.41, 5.74) is 12.5. The molecule has 5 aromatic rings. The number of rotatable bonds is 3. The summed E-state index contributed by atoms with van der Waals surface area (Å²) in [7, 11) is 0. The molecule has 7 nitrogen and oxygen atoms in total. The fourth-order valence-electron chi connectivity index (χ4n) is 3.77. The van der Waals surface area contributed by atoms with Crippen LogP contribution in [0.1, 0.15) is 25.0 Å². The van der Waals surface area contributed by atoms with Crippen LogP contribution in [-0.2, 0) is 5.41 Å². The molecule has 0 bridgehead atoms. The van der Waals surface area contributed by atoms with Gasteiger partial charge in [0.1, 0.15) is 5.82 Å². The Morgan fingerprint density at radius 1 is 0.906 bits per heavy atom. The molecule has 5 rings (SSSR count). The molecule has 0 saturated carbocycles. The molecule has 156 valence electrons. The fraction of sp³-hybridized carbons (Fsp3) is 0.160. The van der Waals surface area contributed by atoms with Crippen molar-refractivity contribution in [2.45, 2.75) is 26.2 Å². The number of aromatic nitrogens is 5. The zero-order valence-corrected chi connectivity index (χ0v) is 18.0. The predicted octanol–water partition coefficient (Wildman–Crippen LogP) is 4.70. The highest BCUT2D eigenvalue weighted by molar-refractivity contribution is 5.85. The average Bonchev–Trinajstić information content (AvgIpc) is 3.25. The molecule has 0 atom stereocenters. The standard InChI is InChI=1S/C25H21N7/c1-15-10-18(12-29-23(15)27)17-6-9-20-21(11-17)32-22(13-28-20)30-31-24(32)16-4-7-19(8-5-16)25(2,3)14-26/h4-13H,1-3H3,(H2,27,29). The van der Waals surface area contributed by atoms with Crippen LogP contribution < -0.4 is 5.73 Å². The Labute approximate surface area is 185 Å². The van der Waals surface area contributed by atoms with Crippen LogP contribution in [0.4, 0.5) is 5.82 Å². The van der Waals surface area contributed by atoms with Gasteiger partial charge in [0, 0.05) is 17.3 Å². The van der Waals surface area contributed by atoms with Crippen LogP contribution in [0.2, 0.25) is 0 Å². The van der Waals surface area contributed by atoms with E-state index in [1.165, 1.54) is 0 Å². The van der Waals surface area contributed by atoms with Crippen molar-refractivity contribution < 1.29 is 0 Å². The van der Waals surface area contributed by atoms with E-state index in [1.807, 2.05) is 67.6 Å². The van der Waals surface area contributed by atoms with Gasteiger partial charge in [-0.3, -0.25) is 9.38 Å². The molecule has 2 aromatic carbocycles. The Morgan fingerprint density at radius 2 is 1.66 bits per heavy atom. The molecule has 0 aliphatic heterocycles. The summed E-state index contributed by atoms with van der Waals surface area (Å²) >= 11 is 0. The summed E-state index contributed by atoms with van der Waals surface area (Å²) in [5, 5.41) is 18.2. The quantitative estimate of drug-likeness (QED) is 0.454. The molecular formula is C25H21N7. The molecule has 0 unspecified atom stereocenters. The largest absolute Gasteiger partial charge is 0.383 e. The summed E-state index contributed by atoms with van der Waals surface area (Å²) in [5.74, 6) is 1.25. The molecule has 3 aromatic heterocycles. The van der Waals surface area contributed by atoms with Crippen molar-refractivity contribution in [3.05, 3.63) is 72.1 Å². The zero-order chi connectivity index (χ0) is 22.5. The van der Waals surface area contributed by atoms with Gasteiger partial charge in [0.15, 0.2) is 11.5 Å². The highest BCUT2D eigenvalue weighted by Gasteiger charge is 2.20. The Balaban J connectivity index is 1.69. The van der Waals surface area contributed by atoms with Gasteiger partial charge in [0.2, 0.25) is 0 Å². The third-order valence-corrected chi connectivity index (χ3v) is 5.82. The molecular weight excluding hydrogens is 398 g/mol. The van der Waals surface area contributed by atoms with Gasteiger partial charge in [-0.2, -0.15) is 5.26 Å². The van der Waals surface area contributed by atoms with Gasteiger partial charge in [0.25, 0.3) is 0 Å². The van der Waals surface area contributed by atoms with Gasteiger partial charge in [-0.15, -0.1) is 10.2 Å². The summed E-state index contributed by atoms with van der Waals surface area (Å²) in [6.07, 6.45) is 3.50. The van der Waals surface area contributed by atoms with Crippen molar-refractivity contribution in [3.63, 3.8) is 0 Å². The minimum Gasteiger partial charge on any atom is -0.383 e. The molecule has 32 heavy (non-hydrogen) atoms. The Bertz CT molecular complexity index is 1520. The van der Waals surface area contributed by atoms with Crippen LogP contribution in [-0.4, -0.2) is 24.6 Å². The summed E-state index contributed by atoms with van der Waals surface area (Å²) in [4.78, 5) is 8.84. The van der Waals surface area contributed by atoms with Crippen LogP contribution in [0.3, 0.4) is 0 Å². The number of nitrogens with zero attached hydrogens (tertiary/aromatic N) is 6. The number of nitrogen functional groups attached to an aromatic ring is 1. The van der Waals surface area contributed by atoms with Crippen LogP contribution in [0.15, 0.2) is 60.9 Å². The van der Waals surface area contributed by atoms with Crippen LogP contribution in [0.25, 0.3) is 39.2 Å². The number of aryl methyl sites for hydroxylation is 1. The van der Waals surface area contributed by atoms with E-state index >= 15 is 0 Å². The first-order valence-corrected chi connectivity index (χ1v) is 10.3. The van der Waals surface area contributed by atoms with Crippen LogP contribution >= 0.6 is 0 Å². The van der Waals surface area contributed by atoms with E-state index in [9.17, 15) is 5.26 Å². The number of hydrogen-bond donors (Lipinski definition) is 1. The van der Waals surface area contributed by atoms with Crippen molar-refractivity contribution in [1.29, 1.82) is 5.26 Å². The van der Waals surface area contributed by atoms with E-state index in [2.05, 4.69) is 32.3 Å². The predicted molar refractivity (Wildman–Crippen MR) is 125 cm³/mol. The maximum atomic E-state index is 9.42. The van der Waals surface area contributed by atoms with E-state index in [0.29, 0.717) is 11.5 Å². The summed E-state index contributed by atoms with van der Waals surface area (Å²) in [6, 6.07) is 18.3. The minimum absolute atomic E-state index is 0.530. The van der Waals surface area contributed by atoms with E-state index in [4.69, 9.17) is 5.73 Å². The smallest absolute Gasteiger partial charge is 0.180 e. The summed E-state index contributed by atoms with van der Waals surface area (Å²) < 4.78 is 2.01. The molecule has 0 spiro atoms. The highest BCUT2D eigenvalue weighted by atomic mass is 15.3. The monoisotopic (exact) mass is 419 g/mol. The van der Waals surface area contributed by atoms with Crippen molar-refractivity contribution in [2.75, 3.05) is 5.73 Å². The molecule has 0 amide bonds. The van der Waals surface area contributed by atoms with Crippen molar-refractivity contribution in [2.24, 2.45) is 0 Å². The van der Waals surface area contributed by atoms with Gasteiger partial charge in [-0.25, -0.2) is 4.98 Å². The SMILES string of the molecule is Cc1cc(-c2ccc3ncc4nnc(-c5ccc(C(C)(C)C#N)cc5)n4c3c2)cnc1N. The maximum Gasteiger partial charge on any atom is 0.180 e. The fourth-order valence-corrected chi connectivity index (χ4v) is 3.77. The lowest BCUT2D eigenvalue weighted by Gasteiger charge is -2.15. The number of hydrogen-bond acceptors (Lipinski definition) is 6. The zero-order valence-electron chi connectivity index (χ0n) is 18.0. The molecule has 7 heteroatoms. The Morgan fingerprint density at radius 3 is 2.38 bits per heavy atom. The van der Waals surface area contributed by atoms with Crippen molar-refractivity contribution in [1.82, 2.24) is 24.6 Å². The second-order valence-corrected chi connectivity index (χ2v) is 8.42. The first-order chi connectivity index (χ1) is 15.4. The Hall–Kier alpha value is -4.31. The van der Waals surface area contributed by atoms with Gasteiger partial charge < -0.3 is 5.73 Å². The number of benzene rings is 2. The molecule has 0 aliphatic rings. The van der Waals surface area contributed by atoms with Crippen molar-refractivity contribution >= 4 is 22.5 Å². The first-order valence-electron chi connectivity index (χ1n) is 10.3. The number of nitriles is 1. The minimum atomic E-state index is -0.553. The molecule has 0 fully saturated rings. The number of anilines is 1. The van der Waals surface area contributed by atoms with E-state index in [1.54, 1.807) is 12.4 Å². The maximum absolute atomic E-state index is 9.42. The normalized spacial score (nSPS) is 11.7. The first kappa shape index (κ1) is 19.6. The second-order valence-electron chi connectivity index (χ2n) is 8.42. The lowest BCUT2D eigenvalue weighted by atomic mass is 9.86. The van der Waals surface area contributed by atoms with Crippen molar-refractivity contribution in [3.8, 4) is 28.6 Å². The van der Waals surface area contributed by atoms with Crippen LogP contribution in [0.5, 0.6) is 0 Å². The number of fused-ring (bicyclic) bond motifs is 3. The van der Waals surface area contributed by atoms with Gasteiger partial charge >= 0.3 is 0 Å². The molecule has 3 heterocycles. The van der Waals surface area contributed by atoms with Gasteiger partial charge in [-0.1, -0.05) is 30.3 Å². The summed E-state index contributed by atoms with van der Waals surface area (Å²) in [6.45, 7) is 5.76. The van der Waals surface area contributed by atoms with E-state index in [-0.39, 0.29) is 0 Å².